The largest absolute Gasteiger partial charge is 0.491 e. The van der Waals surface area contributed by atoms with Crippen molar-refractivity contribution >= 4 is 5.91 Å². The van der Waals surface area contributed by atoms with E-state index in [0.717, 1.165) is 43.9 Å². The van der Waals surface area contributed by atoms with E-state index in [0.29, 0.717) is 13.0 Å². The number of carbonyl (C=O) groups excluding carboxylic acids is 1. The third-order valence-electron chi connectivity index (χ3n) is 4.34. The van der Waals surface area contributed by atoms with Gasteiger partial charge in [0.2, 0.25) is 5.91 Å². The van der Waals surface area contributed by atoms with Gasteiger partial charge in [0.1, 0.15) is 5.75 Å². The molecule has 1 heterocycles. The summed E-state index contributed by atoms with van der Waals surface area (Å²) in [4.78, 5) is 16.7. The number of hydrogen-bond acceptors (Lipinski definition) is 4. The van der Waals surface area contributed by atoms with Crippen LogP contribution in [0.15, 0.2) is 24.3 Å². The summed E-state index contributed by atoms with van der Waals surface area (Å²) >= 11 is 0. The first-order valence-corrected chi connectivity index (χ1v) is 8.92. The highest BCUT2D eigenvalue weighted by molar-refractivity contribution is 5.79. The average Bonchev–Trinajstić information content (AvgIpc) is 2.56. The number of nitrogens with zero attached hydrogens (tertiary/aromatic N) is 2. The number of aliphatic hydroxyl groups is 1. The molecule has 0 unspecified atom stereocenters. The maximum Gasteiger partial charge on any atom is 0.227 e. The van der Waals surface area contributed by atoms with E-state index in [2.05, 4.69) is 4.90 Å². The van der Waals surface area contributed by atoms with Crippen molar-refractivity contribution < 1.29 is 14.6 Å². The molecular formula is C19H30N2O3. The lowest BCUT2D eigenvalue weighted by molar-refractivity contribution is -0.132. The van der Waals surface area contributed by atoms with Crippen molar-refractivity contribution in [2.45, 2.75) is 45.8 Å². The highest BCUT2D eigenvalue weighted by atomic mass is 16.5. The second-order valence-corrected chi connectivity index (χ2v) is 6.69. The SMILES string of the molecule is CC[C@H](O)CN1CCN(C(=O)Cc2ccccc2OC(C)C)CC1. The molecule has 5 nitrogen and oxygen atoms in total. The van der Waals surface area contributed by atoms with E-state index in [1.807, 2.05) is 49.9 Å². The fraction of sp³-hybridized carbons (Fsp3) is 0.632. The van der Waals surface area contributed by atoms with Crippen LogP contribution >= 0.6 is 0 Å². The van der Waals surface area contributed by atoms with Crippen molar-refractivity contribution in [2.24, 2.45) is 0 Å². The van der Waals surface area contributed by atoms with Gasteiger partial charge in [0.15, 0.2) is 0 Å². The van der Waals surface area contributed by atoms with Crippen molar-refractivity contribution in [3.05, 3.63) is 29.8 Å². The standard InChI is InChI=1S/C19H30N2O3/c1-4-17(22)14-20-9-11-21(12-10-20)19(23)13-16-7-5-6-8-18(16)24-15(2)3/h5-8,15,17,22H,4,9-14H2,1-3H3/t17-/m0/s1. The van der Waals surface area contributed by atoms with E-state index in [1.165, 1.54) is 0 Å². The fourth-order valence-corrected chi connectivity index (χ4v) is 2.90. The van der Waals surface area contributed by atoms with Crippen LogP contribution in [-0.4, -0.2) is 65.7 Å². The van der Waals surface area contributed by atoms with Crippen LogP contribution in [0.1, 0.15) is 32.8 Å². The summed E-state index contributed by atoms with van der Waals surface area (Å²) in [6.45, 7) is 9.76. The van der Waals surface area contributed by atoms with E-state index in [-0.39, 0.29) is 18.1 Å². The maximum absolute atomic E-state index is 12.6. The number of amides is 1. The number of aliphatic hydroxyl groups excluding tert-OH is 1. The van der Waals surface area contributed by atoms with E-state index in [4.69, 9.17) is 4.74 Å². The summed E-state index contributed by atoms with van der Waals surface area (Å²) in [5.41, 5.74) is 0.944. The van der Waals surface area contributed by atoms with E-state index < -0.39 is 0 Å². The van der Waals surface area contributed by atoms with Crippen LogP contribution in [0.2, 0.25) is 0 Å². The van der Waals surface area contributed by atoms with E-state index in [1.54, 1.807) is 0 Å². The number of hydrogen-bond donors (Lipinski definition) is 1. The zero-order valence-electron chi connectivity index (χ0n) is 15.1. The van der Waals surface area contributed by atoms with Gasteiger partial charge in [0.05, 0.1) is 18.6 Å². The highest BCUT2D eigenvalue weighted by Gasteiger charge is 2.23. The summed E-state index contributed by atoms with van der Waals surface area (Å²) in [5.74, 6) is 0.941. The quantitative estimate of drug-likeness (QED) is 0.828. The molecule has 24 heavy (non-hydrogen) atoms. The third-order valence-corrected chi connectivity index (χ3v) is 4.34. The van der Waals surface area contributed by atoms with Crippen LogP contribution in [0.25, 0.3) is 0 Å². The maximum atomic E-state index is 12.6. The molecule has 1 amide bonds. The van der Waals surface area contributed by atoms with Gasteiger partial charge in [-0.15, -0.1) is 0 Å². The molecule has 0 bridgehead atoms. The molecule has 1 saturated heterocycles. The summed E-state index contributed by atoms with van der Waals surface area (Å²) < 4.78 is 5.80. The lowest BCUT2D eigenvalue weighted by Gasteiger charge is -2.35. The van der Waals surface area contributed by atoms with Gasteiger partial charge in [-0.25, -0.2) is 0 Å². The first-order valence-electron chi connectivity index (χ1n) is 8.92. The van der Waals surface area contributed by atoms with Crippen LogP contribution in [0, 0.1) is 0 Å². The molecule has 1 fully saturated rings. The Balaban J connectivity index is 1.88. The van der Waals surface area contributed by atoms with Crippen LogP contribution < -0.4 is 4.74 Å². The van der Waals surface area contributed by atoms with E-state index in [9.17, 15) is 9.90 Å². The van der Waals surface area contributed by atoms with Gasteiger partial charge in [0.25, 0.3) is 0 Å². The molecule has 0 radical (unpaired) electrons. The zero-order valence-corrected chi connectivity index (χ0v) is 15.1. The Bertz CT molecular complexity index is 525. The molecule has 1 aliphatic rings. The number of carbonyl (C=O) groups is 1. The topological polar surface area (TPSA) is 53.0 Å². The van der Waals surface area contributed by atoms with Gasteiger partial charge < -0.3 is 14.7 Å². The Kier molecular flexibility index (Phi) is 7.06. The van der Waals surface area contributed by atoms with Gasteiger partial charge in [-0.3, -0.25) is 9.69 Å². The molecule has 0 spiro atoms. The second-order valence-electron chi connectivity index (χ2n) is 6.69. The van der Waals surface area contributed by atoms with Gasteiger partial charge in [0, 0.05) is 38.3 Å². The Labute approximate surface area is 145 Å². The van der Waals surface area contributed by atoms with Crippen molar-refractivity contribution in [3.63, 3.8) is 0 Å². The molecule has 1 aromatic carbocycles. The van der Waals surface area contributed by atoms with Gasteiger partial charge in [-0.2, -0.15) is 0 Å². The van der Waals surface area contributed by atoms with Crippen LogP contribution in [0.3, 0.4) is 0 Å². The number of para-hydroxylation sites is 1. The Morgan fingerprint density at radius 3 is 2.50 bits per heavy atom. The average molecular weight is 334 g/mol. The van der Waals surface area contributed by atoms with Gasteiger partial charge in [-0.05, 0) is 26.3 Å². The molecule has 1 aliphatic heterocycles. The monoisotopic (exact) mass is 334 g/mol. The van der Waals surface area contributed by atoms with Crippen molar-refractivity contribution in [2.75, 3.05) is 32.7 Å². The first kappa shape index (κ1) is 18.7. The summed E-state index contributed by atoms with van der Waals surface area (Å²) in [6.07, 6.45) is 0.966. The molecule has 5 heteroatoms. The molecular weight excluding hydrogens is 304 g/mol. The minimum Gasteiger partial charge on any atom is -0.491 e. The molecule has 0 aliphatic carbocycles. The second kappa shape index (κ2) is 9.04. The van der Waals surface area contributed by atoms with Crippen LogP contribution in [0.4, 0.5) is 0 Å². The summed E-state index contributed by atoms with van der Waals surface area (Å²) in [5, 5.41) is 9.75. The van der Waals surface area contributed by atoms with Crippen molar-refractivity contribution in [1.29, 1.82) is 0 Å². The Morgan fingerprint density at radius 2 is 1.88 bits per heavy atom. The van der Waals surface area contributed by atoms with Gasteiger partial charge >= 0.3 is 0 Å². The predicted octanol–water partition coefficient (Wildman–Crippen LogP) is 1.93. The Hall–Kier alpha value is -1.59. The predicted molar refractivity (Wildman–Crippen MR) is 95.2 cm³/mol. The minimum atomic E-state index is -0.271. The number of β-amino-alcohol motifs (C(OH)–C–C–N with tert-alkyl or cyclic N) is 1. The zero-order chi connectivity index (χ0) is 17.5. The fourth-order valence-electron chi connectivity index (χ4n) is 2.90. The molecule has 134 valence electrons. The normalized spacial score (nSPS) is 17.1. The van der Waals surface area contributed by atoms with Crippen LogP contribution in [-0.2, 0) is 11.2 Å². The third kappa shape index (κ3) is 5.49. The van der Waals surface area contributed by atoms with Crippen LogP contribution in [0.5, 0.6) is 5.75 Å². The molecule has 2 rings (SSSR count). The van der Waals surface area contributed by atoms with E-state index >= 15 is 0 Å². The number of rotatable bonds is 7. The van der Waals surface area contributed by atoms with Gasteiger partial charge in [-0.1, -0.05) is 25.1 Å². The molecule has 0 aromatic heterocycles. The molecule has 0 saturated carbocycles. The molecule has 1 atom stereocenters. The summed E-state index contributed by atoms with van der Waals surface area (Å²) in [7, 11) is 0. The smallest absolute Gasteiger partial charge is 0.227 e. The molecule has 1 aromatic rings. The number of piperazine rings is 1. The highest BCUT2D eigenvalue weighted by Crippen LogP contribution is 2.21. The Morgan fingerprint density at radius 1 is 1.21 bits per heavy atom. The first-order chi connectivity index (χ1) is 11.5. The summed E-state index contributed by atoms with van der Waals surface area (Å²) in [6, 6.07) is 7.76. The van der Waals surface area contributed by atoms with Crippen molar-refractivity contribution in [1.82, 2.24) is 9.80 Å². The number of ether oxygens (including phenoxy) is 1. The molecule has 1 N–H and O–H groups in total. The lowest BCUT2D eigenvalue weighted by Crippen LogP contribution is -2.50. The lowest BCUT2D eigenvalue weighted by atomic mass is 10.1. The number of benzene rings is 1. The minimum absolute atomic E-state index is 0.0924. The van der Waals surface area contributed by atoms with Crippen molar-refractivity contribution in [3.8, 4) is 5.75 Å².